The van der Waals surface area contributed by atoms with Gasteiger partial charge in [-0.25, -0.2) is 0 Å². The molecule has 0 spiro atoms. The molecule has 1 aromatic rings. The molecule has 1 fully saturated rings. The van der Waals surface area contributed by atoms with Gasteiger partial charge in [-0.3, -0.25) is 9.48 Å². The number of ether oxygens (including phenoxy) is 1. The maximum absolute atomic E-state index is 12.2. The van der Waals surface area contributed by atoms with Crippen molar-refractivity contribution in [1.82, 2.24) is 14.7 Å². The number of carbonyl (C=O) groups is 1. The predicted molar refractivity (Wildman–Crippen MR) is 69.5 cm³/mol. The van der Waals surface area contributed by atoms with Gasteiger partial charge >= 0.3 is 0 Å². The predicted octanol–water partition coefficient (Wildman–Crippen LogP) is -0.698. The van der Waals surface area contributed by atoms with Crippen molar-refractivity contribution < 1.29 is 14.6 Å². The molecule has 7 nitrogen and oxygen atoms in total. The van der Waals surface area contributed by atoms with Crippen molar-refractivity contribution in [2.24, 2.45) is 0 Å². The highest BCUT2D eigenvalue weighted by molar-refractivity contribution is 5.76. The number of aliphatic hydroxyl groups excluding tert-OH is 1. The molecule has 1 unspecified atom stereocenters. The quantitative estimate of drug-likeness (QED) is 0.756. The van der Waals surface area contributed by atoms with Gasteiger partial charge in [0.2, 0.25) is 5.91 Å². The number of hydrogen-bond donors (Lipinski definition) is 2. The minimum absolute atomic E-state index is 0.0349. The van der Waals surface area contributed by atoms with E-state index in [1.165, 1.54) is 0 Å². The molecule has 7 heteroatoms. The summed E-state index contributed by atoms with van der Waals surface area (Å²) in [6.45, 7) is 5.18. The van der Waals surface area contributed by atoms with Crippen LogP contribution < -0.4 is 5.73 Å². The monoisotopic (exact) mass is 268 g/mol. The van der Waals surface area contributed by atoms with Gasteiger partial charge in [-0.2, -0.15) is 5.10 Å². The van der Waals surface area contributed by atoms with Crippen molar-refractivity contribution in [3.05, 3.63) is 11.4 Å². The molecule has 2 heterocycles. The van der Waals surface area contributed by atoms with Crippen molar-refractivity contribution in [2.75, 3.05) is 32.0 Å². The van der Waals surface area contributed by atoms with Gasteiger partial charge < -0.3 is 20.5 Å². The summed E-state index contributed by atoms with van der Waals surface area (Å²) < 4.78 is 6.94. The fourth-order valence-electron chi connectivity index (χ4n) is 2.15. The fourth-order valence-corrected chi connectivity index (χ4v) is 2.15. The van der Waals surface area contributed by atoms with E-state index in [9.17, 15) is 4.79 Å². The third kappa shape index (κ3) is 2.87. The van der Waals surface area contributed by atoms with Gasteiger partial charge in [0.25, 0.3) is 0 Å². The van der Waals surface area contributed by atoms with Crippen LogP contribution in [0.4, 0.5) is 5.69 Å². The zero-order valence-corrected chi connectivity index (χ0v) is 11.3. The third-order valence-electron chi connectivity index (χ3n) is 3.42. The Bertz CT molecular complexity index is 472. The molecular weight excluding hydrogens is 248 g/mol. The average Bonchev–Trinajstić information content (AvgIpc) is 2.66. The Morgan fingerprint density at radius 2 is 2.32 bits per heavy atom. The van der Waals surface area contributed by atoms with Crippen LogP contribution in [0.2, 0.25) is 0 Å². The van der Waals surface area contributed by atoms with E-state index < -0.39 is 0 Å². The number of rotatable bonds is 3. The summed E-state index contributed by atoms with van der Waals surface area (Å²) >= 11 is 0. The highest BCUT2D eigenvalue weighted by Gasteiger charge is 2.24. The molecule has 1 aliphatic rings. The first kappa shape index (κ1) is 13.8. The van der Waals surface area contributed by atoms with Crippen LogP contribution in [0.3, 0.4) is 0 Å². The number of morpholine rings is 1. The van der Waals surface area contributed by atoms with Crippen molar-refractivity contribution in [1.29, 1.82) is 0 Å². The first-order valence-corrected chi connectivity index (χ1v) is 6.32. The van der Waals surface area contributed by atoms with Gasteiger partial charge in [-0.1, -0.05) is 0 Å². The molecule has 0 aliphatic carbocycles. The van der Waals surface area contributed by atoms with Gasteiger partial charge in [0.05, 0.1) is 36.4 Å². The fraction of sp³-hybridized carbons (Fsp3) is 0.667. The minimum Gasteiger partial charge on any atom is -0.396 e. The van der Waals surface area contributed by atoms with E-state index in [0.717, 1.165) is 11.4 Å². The number of anilines is 1. The zero-order chi connectivity index (χ0) is 14.0. The molecule has 2 rings (SSSR count). The summed E-state index contributed by atoms with van der Waals surface area (Å²) in [6.07, 6.45) is -0.289. The van der Waals surface area contributed by atoms with Gasteiger partial charge in [0.1, 0.15) is 6.54 Å². The Morgan fingerprint density at radius 1 is 1.58 bits per heavy atom. The van der Waals surface area contributed by atoms with Gasteiger partial charge in [0.15, 0.2) is 0 Å². The minimum atomic E-state index is -0.289. The highest BCUT2D eigenvalue weighted by Crippen LogP contribution is 2.15. The molecule has 0 aromatic carbocycles. The number of aromatic nitrogens is 2. The van der Waals surface area contributed by atoms with E-state index in [4.69, 9.17) is 15.6 Å². The smallest absolute Gasteiger partial charge is 0.244 e. The Labute approximate surface area is 111 Å². The summed E-state index contributed by atoms with van der Waals surface area (Å²) in [5, 5.41) is 13.3. The van der Waals surface area contributed by atoms with Crippen molar-refractivity contribution in [2.45, 2.75) is 26.5 Å². The largest absolute Gasteiger partial charge is 0.396 e. The number of aliphatic hydroxyl groups is 1. The summed E-state index contributed by atoms with van der Waals surface area (Å²) in [4.78, 5) is 13.9. The lowest BCUT2D eigenvalue weighted by Crippen LogP contribution is -2.48. The van der Waals surface area contributed by atoms with Crippen LogP contribution in [0.5, 0.6) is 0 Å². The zero-order valence-electron chi connectivity index (χ0n) is 11.3. The van der Waals surface area contributed by atoms with E-state index in [0.29, 0.717) is 25.4 Å². The molecule has 1 atom stereocenters. The first-order chi connectivity index (χ1) is 9.02. The van der Waals surface area contributed by atoms with Crippen LogP contribution in [0.15, 0.2) is 0 Å². The van der Waals surface area contributed by atoms with Gasteiger partial charge in [0, 0.05) is 13.1 Å². The maximum Gasteiger partial charge on any atom is 0.244 e. The Kier molecular flexibility index (Phi) is 4.06. The van der Waals surface area contributed by atoms with Crippen LogP contribution in [-0.4, -0.2) is 58.1 Å². The standard InChI is InChI=1S/C12H20N4O3/c1-8-12(13)9(2)16(14-8)6-11(18)15-3-4-19-10(5-15)7-17/h10,17H,3-7,13H2,1-2H3. The Hall–Kier alpha value is -1.60. The van der Waals surface area contributed by atoms with Crippen LogP contribution in [0, 0.1) is 13.8 Å². The molecule has 19 heavy (non-hydrogen) atoms. The normalized spacial score (nSPS) is 19.7. The summed E-state index contributed by atoms with van der Waals surface area (Å²) in [5.41, 5.74) is 8.01. The van der Waals surface area contributed by atoms with Crippen molar-refractivity contribution in [3.8, 4) is 0 Å². The lowest BCUT2D eigenvalue weighted by Gasteiger charge is -2.32. The number of nitrogens with zero attached hydrogens (tertiary/aromatic N) is 3. The van der Waals surface area contributed by atoms with Crippen LogP contribution in [-0.2, 0) is 16.1 Å². The maximum atomic E-state index is 12.2. The SMILES string of the molecule is Cc1nn(CC(=O)N2CCOC(CO)C2)c(C)c1N. The first-order valence-electron chi connectivity index (χ1n) is 6.32. The van der Waals surface area contributed by atoms with Gasteiger partial charge in [-0.05, 0) is 13.8 Å². The number of nitrogens with two attached hydrogens (primary N) is 1. The van der Waals surface area contributed by atoms with Gasteiger partial charge in [-0.15, -0.1) is 0 Å². The molecule has 1 aromatic heterocycles. The lowest BCUT2D eigenvalue weighted by molar-refractivity contribution is -0.141. The second-order valence-electron chi connectivity index (χ2n) is 4.76. The molecule has 0 bridgehead atoms. The van der Waals surface area contributed by atoms with E-state index in [1.54, 1.807) is 9.58 Å². The third-order valence-corrected chi connectivity index (χ3v) is 3.42. The molecule has 0 saturated carbocycles. The Morgan fingerprint density at radius 3 is 2.89 bits per heavy atom. The van der Waals surface area contributed by atoms with Crippen molar-refractivity contribution in [3.63, 3.8) is 0 Å². The highest BCUT2D eigenvalue weighted by atomic mass is 16.5. The van der Waals surface area contributed by atoms with Crippen LogP contribution >= 0.6 is 0 Å². The van der Waals surface area contributed by atoms with Crippen LogP contribution in [0.25, 0.3) is 0 Å². The molecule has 106 valence electrons. The second kappa shape index (κ2) is 5.58. The Balaban J connectivity index is 2.02. The number of nitrogen functional groups attached to an aromatic ring is 1. The molecule has 3 N–H and O–H groups in total. The van der Waals surface area contributed by atoms with Crippen LogP contribution in [0.1, 0.15) is 11.4 Å². The molecular formula is C12H20N4O3. The van der Waals surface area contributed by atoms with Crippen molar-refractivity contribution >= 4 is 11.6 Å². The second-order valence-corrected chi connectivity index (χ2v) is 4.76. The van der Waals surface area contributed by atoms with E-state index >= 15 is 0 Å². The molecule has 1 aliphatic heterocycles. The number of aryl methyl sites for hydroxylation is 1. The summed E-state index contributed by atoms with van der Waals surface area (Å²) in [7, 11) is 0. The average molecular weight is 268 g/mol. The molecule has 0 radical (unpaired) electrons. The van der Waals surface area contributed by atoms with E-state index in [1.807, 2.05) is 13.8 Å². The number of hydrogen-bond acceptors (Lipinski definition) is 5. The molecule has 1 saturated heterocycles. The lowest BCUT2D eigenvalue weighted by atomic mass is 10.3. The molecule has 1 amide bonds. The van der Waals surface area contributed by atoms with E-state index in [2.05, 4.69) is 5.10 Å². The van der Waals surface area contributed by atoms with E-state index in [-0.39, 0.29) is 25.2 Å². The summed E-state index contributed by atoms with van der Waals surface area (Å²) in [5.74, 6) is -0.0349. The number of carbonyl (C=O) groups excluding carboxylic acids is 1. The number of amides is 1. The topological polar surface area (TPSA) is 93.6 Å². The summed E-state index contributed by atoms with van der Waals surface area (Å²) in [6, 6.07) is 0.